The number of urea groups is 1. The van der Waals surface area contributed by atoms with Crippen molar-refractivity contribution >= 4 is 17.8 Å². The first-order valence-electron chi connectivity index (χ1n) is 7.36. The number of carbonyl (C=O) groups is 2. The van der Waals surface area contributed by atoms with E-state index in [0.29, 0.717) is 18.9 Å². The molecule has 2 saturated heterocycles. The lowest BCUT2D eigenvalue weighted by atomic mass is 10.0. The summed E-state index contributed by atoms with van der Waals surface area (Å²) >= 11 is 0. The third-order valence-corrected chi connectivity index (χ3v) is 4.15. The Morgan fingerprint density at radius 2 is 2.10 bits per heavy atom. The van der Waals surface area contributed by atoms with Crippen molar-refractivity contribution in [3.05, 3.63) is 23.9 Å². The molecule has 1 aromatic heterocycles. The van der Waals surface area contributed by atoms with E-state index in [1.807, 2.05) is 12.3 Å². The maximum atomic E-state index is 11.8. The van der Waals surface area contributed by atoms with E-state index in [-0.39, 0.29) is 18.0 Å². The van der Waals surface area contributed by atoms with Crippen molar-refractivity contribution in [2.45, 2.75) is 32.2 Å². The van der Waals surface area contributed by atoms with Crippen molar-refractivity contribution in [3.8, 4) is 0 Å². The van der Waals surface area contributed by atoms with Gasteiger partial charge < -0.3 is 9.80 Å². The van der Waals surface area contributed by atoms with Gasteiger partial charge in [-0.15, -0.1) is 0 Å². The van der Waals surface area contributed by atoms with Crippen molar-refractivity contribution in [2.75, 3.05) is 24.5 Å². The highest BCUT2D eigenvalue weighted by molar-refractivity contribution is 5.96. The van der Waals surface area contributed by atoms with Gasteiger partial charge in [0, 0.05) is 32.3 Å². The lowest BCUT2D eigenvalue weighted by Crippen LogP contribution is -2.65. The van der Waals surface area contributed by atoms with Crippen molar-refractivity contribution in [3.63, 3.8) is 0 Å². The number of hydrogen-bond donors (Lipinski definition) is 1. The van der Waals surface area contributed by atoms with Gasteiger partial charge >= 0.3 is 6.03 Å². The molecule has 1 N–H and O–H groups in total. The number of aromatic nitrogens is 1. The van der Waals surface area contributed by atoms with E-state index < -0.39 is 0 Å². The number of imide groups is 1. The van der Waals surface area contributed by atoms with Gasteiger partial charge in [-0.2, -0.15) is 0 Å². The largest absolute Gasteiger partial charge is 0.352 e. The van der Waals surface area contributed by atoms with E-state index in [1.165, 1.54) is 5.56 Å². The van der Waals surface area contributed by atoms with Gasteiger partial charge in [0.25, 0.3) is 0 Å². The van der Waals surface area contributed by atoms with E-state index in [2.05, 4.69) is 35.1 Å². The van der Waals surface area contributed by atoms with Gasteiger partial charge in [-0.3, -0.25) is 10.1 Å². The molecule has 2 aliphatic rings. The zero-order chi connectivity index (χ0) is 15.0. The first kappa shape index (κ1) is 13.9. The number of carbonyl (C=O) groups excluding carboxylic acids is 2. The first-order chi connectivity index (χ1) is 10.0. The van der Waals surface area contributed by atoms with Crippen molar-refractivity contribution in [1.29, 1.82) is 0 Å². The maximum absolute atomic E-state index is 11.8. The first-order valence-corrected chi connectivity index (χ1v) is 7.36. The number of nitrogens with one attached hydrogen (secondary N) is 1. The minimum absolute atomic E-state index is 0.169. The van der Waals surface area contributed by atoms with Gasteiger partial charge in [-0.25, -0.2) is 9.78 Å². The molecule has 0 aromatic carbocycles. The molecule has 0 radical (unpaired) electrons. The van der Waals surface area contributed by atoms with Crippen LogP contribution in [0.1, 0.15) is 31.7 Å². The van der Waals surface area contributed by atoms with Gasteiger partial charge in [0.15, 0.2) is 0 Å². The number of pyridine rings is 1. The summed E-state index contributed by atoms with van der Waals surface area (Å²) in [6.07, 6.45) is 2.23. The zero-order valence-electron chi connectivity index (χ0n) is 12.4. The summed E-state index contributed by atoms with van der Waals surface area (Å²) in [4.78, 5) is 31.3. The Morgan fingerprint density at radius 1 is 1.33 bits per heavy atom. The molecule has 112 valence electrons. The van der Waals surface area contributed by atoms with E-state index in [1.54, 1.807) is 4.90 Å². The molecule has 2 fully saturated rings. The fourth-order valence-corrected chi connectivity index (χ4v) is 2.73. The summed E-state index contributed by atoms with van der Waals surface area (Å²) in [5.41, 5.74) is 1.27. The molecule has 1 aromatic rings. The predicted molar refractivity (Wildman–Crippen MR) is 79.2 cm³/mol. The Kier molecular flexibility index (Phi) is 3.53. The van der Waals surface area contributed by atoms with Crippen LogP contribution in [0.25, 0.3) is 0 Å². The number of hydrogen-bond acceptors (Lipinski definition) is 4. The molecule has 0 spiro atoms. The van der Waals surface area contributed by atoms with Crippen LogP contribution in [0.15, 0.2) is 18.3 Å². The summed E-state index contributed by atoms with van der Waals surface area (Å²) in [6, 6.07) is 4.05. The molecule has 6 nitrogen and oxygen atoms in total. The highest BCUT2D eigenvalue weighted by atomic mass is 16.2. The fraction of sp³-hybridized carbons (Fsp3) is 0.533. The molecule has 0 unspecified atom stereocenters. The average Bonchev–Trinajstić information content (AvgIpc) is 2.40. The Hall–Kier alpha value is -2.11. The summed E-state index contributed by atoms with van der Waals surface area (Å²) in [6.45, 7) is 6.38. The van der Waals surface area contributed by atoms with Gasteiger partial charge in [0.2, 0.25) is 5.91 Å². The highest BCUT2D eigenvalue weighted by Crippen LogP contribution is 2.25. The van der Waals surface area contributed by atoms with Gasteiger partial charge in [-0.05, 0) is 23.6 Å². The number of amides is 3. The predicted octanol–water partition coefficient (Wildman–Crippen LogP) is 1.34. The molecule has 2 aliphatic heterocycles. The molecule has 3 rings (SSSR count). The quantitative estimate of drug-likeness (QED) is 0.911. The molecule has 21 heavy (non-hydrogen) atoms. The Labute approximate surface area is 124 Å². The lowest BCUT2D eigenvalue weighted by Gasteiger charge is -2.46. The van der Waals surface area contributed by atoms with Gasteiger partial charge in [0.1, 0.15) is 5.82 Å². The third kappa shape index (κ3) is 2.70. The van der Waals surface area contributed by atoms with Crippen LogP contribution < -0.4 is 10.2 Å². The Morgan fingerprint density at radius 3 is 2.76 bits per heavy atom. The van der Waals surface area contributed by atoms with Crippen molar-refractivity contribution < 1.29 is 9.59 Å². The summed E-state index contributed by atoms with van der Waals surface area (Å²) in [7, 11) is 0. The average molecular weight is 288 g/mol. The highest BCUT2D eigenvalue weighted by Gasteiger charge is 2.37. The molecule has 3 amide bonds. The van der Waals surface area contributed by atoms with Crippen molar-refractivity contribution in [1.82, 2.24) is 15.2 Å². The SMILES string of the molecule is CC(C)c1ccnc(N2CC(N3CCC(=O)NC3=O)C2)c1. The third-order valence-electron chi connectivity index (χ3n) is 4.15. The monoisotopic (exact) mass is 288 g/mol. The van der Waals surface area contributed by atoms with E-state index in [4.69, 9.17) is 0 Å². The normalized spacial score (nSPS) is 19.8. The van der Waals surface area contributed by atoms with Crippen LogP contribution >= 0.6 is 0 Å². The van der Waals surface area contributed by atoms with Gasteiger partial charge in [-0.1, -0.05) is 13.8 Å². The van der Waals surface area contributed by atoms with Crippen LogP contribution in [0.4, 0.5) is 10.6 Å². The summed E-state index contributed by atoms with van der Waals surface area (Å²) in [5, 5.41) is 2.37. The molecule has 0 aliphatic carbocycles. The molecule has 6 heteroatoms. The second-order valence-electron chi connectivity index (χ2n) is 5.96. The molecule has 3 heterocycles. The van der Waals surface area contributed by atoms with Crippen LogP contribution in [-0.4, -0.2) is 47.5 Å². The molecule has 0 atom stereocenters. The molecular weight excluding hydrogens is 268 g/mol. The number of nitrogens with zero attached hydrogens (tertiary/aromatic N) is 3. The molecule has 0 saturated carbocycles. The van der Waals surface area contributed by atoms with Crippen molar-refractivity contribution in [2.24, 2.45) is 0 Å². The standard InChI is InChI=1S/C15H20N4O2/c1-10(2)11-3-5-16-13(7-11)18-8-12(9-18)19-6-4-14(20)17-15(19)21/h3,5,7,10,12H,4,6,8-9H2,1-2H3,(H,17,20,21). The summed E-state index contributed by atoms with van der Waals surface area (Å²) < 4.78 is 0. The fourth-order valence-electron chi connectivity index (χ4n) is 2.73. The lowest BCUT2D eigenvalue weighted by molar-refractivity contribution is -0.121. The van der Waals surface area contributed by atoms with Crippen LogP contribution in [0.3, 0.4) is 0 Å². The van der Waals surface area contributed by atoms with Crippen LogP contribution in [0.2, 0.25) is 0 Å². The van der Waals surface area contributed by atoms with Gasteiger partial charge in [0.05, 0.1) is 6.04 Å². The zero-order valence-corrected chi connectivity index (χ0v) is 12.4. The number of rotatable bonds is 3. The van der Waals surface area contributed by atoms with E-state index >= 15 is 0 Å². The van der Waals surface area contributed by atoms with E-state index in [9.17, 15) is 9.59 Å². The maximum Gasteiger partial charge on any atom is 0.324 e. The second-order valence-corrected chi connectivity index (χ2v) is 5.96. The minimum atomic E-state index is -0.264. The molecule has 0 bridgehead atoms. The minimum Gasteiger partial charge on any atom is -0.352 e. The smallest absolute Gasteiger partial charge is 0.324 e. The molecular formula is C15H20N4O2. The Bertz CT molecular complexity index is 567. The second kappa shape index (κ2) is 5.35. The topological polar surface area (TPSA) is 65.5 Å². The van der Waals surface area contributed by atoms with Crippen LogP contribution in [0, 0.1) is 0 Å². The number of anilines is 1. The summed E-state index contributed by atoms with van der Waals surface area (Å²) in [5.74, 6) is 1.26. The van der Waals surface area contributed by atoms with Crippen LogP contribution in [-0.2, 0) is 4.79 Å². The van der Waals surface area contributed by atoms with Crippen LogP contribution in [0.5, 0.6) is 0 Å². The Balaban J connectivity index is 1.62. The van der Waals surface area contributed by atoms with E-state index in [0.717, 1.165) is 18.9 Å².